The van der Waals surface area contributed by atoms with Gasteiger partial charge in [-0.15, -0.1) is 0 Å². The topological polar surface area (TPSA) is 188 Å². The second-order valence-electron chi connectivity index (χ2n) is 8.29. The van der Waals surface area contributed by atoms with E-state index in [0.717, 1.165) is 5.56 Å². The number of carboxylic acid groups (broad SMARTS) is 2. The number of thiol groups is 1. The second kappa shape index (κ2) is 14.6. The summed E-state index contributed by atoms with van der Waals surface area (Å²) in [5.74, 6) is -5.37. The third-order valence-corrected chi connectivity index (χ3v) is 5.72. The number of carbonyl (C=O) groups excluding carboxylic acids is 3. The van der Waals surface area contributed by atoms with Gasteiger partial charge in [-0.05, 0) is 17.5 Å². The van der Waals surface area contributed by atoms with E-state index in [1.54, 1.807) is 60.7 Å². The molecule has 2 aromatic carbocycles. The number of amides is 3. The van der Waals surface area contributed by atoms with Gasteiger partial charge in [-0.3, -0.25) is 19.2 Å². The molecule has 2 aromatic rings. The predicted molar refractivity (Wildman–Crippen MR) is 138 cm³/mol. The van der Waals surface area contributed by atoms with Crippen LogP contribution in [0.2, 0.25) is 0 Å². The van der Waals surface area contributed by atoms with E-state index < -0.39 is 60.2 Å². The molecule has 2 rings (SSSR count). The average molecular weight is 531 g/mol. The molecule has 0 aromatic heterocycles. The van der Waals surface area contributed by atoms with Crippen molar-refractivity contribution in [2.75, 3.05) is 5.75 Å². The van der Waals surface area contributed by atoms with E-state index in [4.69, 9.17) is 5.73 Å². The first-order chi connectivity index (χ1) is 17.6. The summed E-state index contributed by atoms with van der Waals surface area (Å²) in [5.41, 5.74) is 7.38. The predicted octanol–water partition coefficient (Wildman–Crippen LogP) is -0.257. The van der Waals surface area contributed by atoms with Gasteiger partial charge < -0.3 is 31.9 Å². The fourth-order valence-corrected chi connectivity index (χ4v) is 3.67. The van der Waals surface area contributed by atoms with Crippen molar-refractivity contribution in [3.8, 4) is 0 Å². The van der Waals surface area contributed by atoms with Crippen LogP contribution in [0.15, 0.2) is 60.7 Å². The summed E-state index contributed by atoms with van der Waals surface area (Å²) < 4.78 is 0. The molecular weight excluding hydrogens is 500 g/mol. The summed E-state index contributed by atoms with van der Waals surface area (Å²) in [6.07, 6.45) is -0.595. The molecule has 37 heavy (non-hydrogen) atoms. The van der Waals surface area contributed by atoms with Gasteiger partial charge in [-0.25, -0.2) is 4.79 Å². The smallest absolute Gasteiger partial charge is 0.326 e. The van der Waals surface area contributed by atoms with Crippen LogP contribution in [0.1, 0.15) is 17.5 Å². The third-order valence-electron chi connectivity index (χ3n) is 5.36. The lowest BCUT2D eigenvalue weighted by Gasteiger charge is -2.24. The molecule has 11 nitrogen and oxygen atoms in total. The Kier molecular flexibility index (Phi) is 11.6. The molecule has 0 aliphatic heterocycles. The van der Waals surface area contributed by atoms with Crippen molar-refractivity contribution < 1.29 is 34.2 Å². The van der Waals surface area contributed by atoms with E-state index in [-0.39, 0.29) is 18.6 Å². The maximum Gasteiger partial charge on any atom is 0.326 e. The molecule has 12 heteroatoms. The summed E-state index contributed by atoms with van der Waals surface area (Å²) >= 11 is 4.05. The van der Waals surface area contributed by atoms with Crippen LogP contribution >= 0.6 is 12.6 Å². The van der Waals surface area contributed by atoms with E-state index in [1.807, 2.05) is 0 Å². The zero-order chi connectivity index (χ0) is 27.4. The molecule has 0 bridgehead atoms. The van der Waals surface area contributed by atoms with E-state index in [0.29, 0.717) is 5.56 Å². The Balaban J connectivity index is 2.04. The van der Waals surface area contributed by atoms with Crippen molar-refractivity contribution in [1.82, 2.24) is 16.0 Å². The van der Waals surface area contributed by atoms with Gasteiger partial charge in [0.25, 0.3) is 0 Å². The average Bonchev–Trinajstić information content (AvgIpc) is 2.87. The molecule has 3 amide bonds. The summed E-state index contributed by atoms with van der Waals surface area (Å²) in [6, 6.07) is 12.4. The number of nitrogens with two attached hydrogens (primary N) is 1. The summed E-state index contributed by atoms with van der Waals surface area (Å²) in [4.78, 5) is 61.1. The van der Waals surface area contributed by atoms with Gasteiger partial charge in [-0.1, -0.05) is 60.7 Å². The molecule has 0 aliphatic carbocycles. The SMILES string of the molecule is NC(Cc1ccccc1)C(=O)NC(CC(=O)O)C(=O)NC(CS)C(=O)NC(Cc1ccccc1)C(=O)O. The molecule has 7 N–H and O–H groups in total. The maximum absolute atomic E-state index is 12.8. The van der Waals surface area contributed by atoms with E-state index in [2.05, 4.69) is 28.6 Å². The Bertz CT molecular complexity index is 1080. The number of hydrogen-bond acceptors (Lipinski definition) is 7. The molecule has 0 fully saturated rings. The normalized spacial score (nSPS) is 13.9. The fraction of sp³-hybridized carbons (Fsp3) is 0.320. The van der Waals surface area contributed by atoms with Crippen LogP contribution in [-0.2, 0) is 36.8 Å². The van der Waals surface area contributed by atoms with Crippen LogP contribution in [0, 0.1) is 0 Å². The molecule has 0 radical (unpaired) electrons. The first-order valence-electron chi connectivity index (χ1n) is 11.4. The van der Waals surface area contributed by atoms with E-state index in [9.17, 15) is 34.2 Å². The molecule has 0 saturated heterocycles. The quantitative estimate of drug-likeness (QED) is 0.163. The van der Waals surface area contributed by atoms with Crippen LogP contribution in [-0.4, -0.2) is 69.8 Å². The maximum atomic E-state index is 12.8. The van der Waals surface area contributed by atoms with Gasteiger partial charge in [0.15, 0.2) is 0 Å². The summed E-state index contributed by atoms with van der Waals surface area (Å²) in [6.45, 7) is 0. The van der Waals surface area contributed by atoms with Crippen molar-refractivity contribution >= 4 is 42.3 Å². The van der Waals surface area contributed by atoms with Crippen LogP contribution in [0.3, 0.4) is 0 Å². The van der Waals surface area contributed by atoms with Crippen molar-refractivity contribution in [2.45, 2.75) is 43.4 Å². The Morgan fingerprint density at radius 3 is 1.65 bits per heavy atom. The highest BCUT2D eigenvalue weighted by atomic mass is 32.1. The first-order valence-corrected chi connectivity index (χ1v) is 12.0. The molecule has 0 saturated carbocycles. The highest BCUT2D eigenvalue weighted by molar-refractivity contribution is 7.80. The fourth-order valence-electron chi connectivity index (χ4n) is 3.41. The zero-order valence-corrected chi connectivity index (χ0v) is 20.8. The van der Waals surface area contributed by atoms with Crippen LogP contribution in [0.25, 0.3) is 0 Å². The zero-order valence-electron chi connectivity index (χ0n) is 19.9. The minimum absolute atomic E-state index is 0.00610. The Labute approximate surface area is 219 Å². The molecule has 198 valence electrons. The van der Waals surface area contributed by atoms with Gasteiger partial charge in [0, 0.05) is 12.2 Å². The molecule has 0 aliphatic rings. The lowest BCUT2D eigenvalue weighted by molar-refractivity contribution is -0.143. The number of carbonyl (C=O) groups is 5. The third kappa shape index (κ3) is 9.94. The van der Waals surface area contributed by atoms with Crippen molar-refractivity contribution in [2.24, 2.45) is 5.73 Å². The lowest BCUT2D eigenvalue weighted by Crippen LogP contribution is -2.58. The highest BCUT2D eigenvalue weighted by Crippen LogP contribution is 2.06. The van der Waals surface area contributed by atoms with Gasteiger partial charge in [0.05, 0.1) is 12.5 Å². The first kappa shape index (κ1) is 29.3. The Morgan fingerprint density at radius 1 is 0.703 bits per heavy atom. The lowest BCUT2D eigenvalue weighted by atomic mass is 10.0. The van der Waals surface area contributed by atoms with Crippen molar-refractivity contribution in [1.29, 1.82) is 0 Å². The number of benzene rings is 2. The number of hydrogen-bond donors (Lipinski definition) is 7. The molecule has 4 atom stereocenters. The largest absolute Gasteiger partial charge is 0.481 e. The minimum atomic E-state index is -1.53. The standard InChI is InChI=1S/C25H30N4O7S/c26-17(11-15-7-3-1-4-8-15)22(32)27-18(13-21(30)31)23(33)29-20(14-37)24(34)28-19(25(35)36)12-16-9-5-2-6-10-16/h1-10,17-20,37H,11-14,26H2,(H,27,32)(H,28,34)(H,29,33)(H,30,31)(H,35,36). The van der Waals surface area contributed by atoms with Crippen molar-refractivity contribution in [3.05, 3.63) is 71.8 Å². The van der Waals surface area contributed by atoms with Crippen LogP contribution < -0.4 is 21.7 Å². The van der Waals surface area contributed by atoms with Gasteiger partial charge in [0.1, 0.15) is 18.1 Å². The molecule has 4 unspecified atom stereocenters. The van der Waals surface area contributed by atoms with E-state index in [1.165, 1.54) is 0 Å². The van der Waals surface area contributed by atoms with Gasteiger partial charge >= 0.3 is 11.9 Å². The number of rotatable bonds is 14. The number of nitrogens with one attached hydrogen (secondary N) is 3. The minimum Gasteiger partial charge on any atom is -0.481 e. The number of aliphatic carboxylic acids is 2. The van der Waals surface area contributed by atoms with Gasteiger partial charge in [0.2, 0.25) is 17.7 Å². The number of carboxylic acids is 2. The second-order valence-corrected chi connectivity index (χ2v) is 8.65. The van der Waals surface area contributed by atoms with Gasteiger partial charge in [-0.2, -0.15) is 12.6 Å². The Hall–Kier alpha value is -3.90. The monoisotopic (exact) mass is 530 g/mol. The highest BCUT2D eigenvalue weighted by Gasteiger charge is 2.31. The summed E-state index contributed by atoms with van der Waals surface area (Å²) in [5, 5.41) is 25.8. The van der Waals surface area contributed by atoms with Crippen LogP contribution in [0.4, 0.5) is 0 Å². The Morgan fingerprint density at radius 2 is 1.16 bits per heavy atom. The van der Waals surface area contributed by atoms with Crippen molar-refractivity contribution in [3.63, 3.8) is 0 Å². The van der Waals surface area contributed by atoms with E-state index >= 15 is 0 Å². The van der Waals surface area contributed by atoms with Crippen LogP contribution in [0.5, 0.6) is 0 Å². The molecule has 0 heterocycles. The molecular formula is C25H30N4O7S. The summed E-state index contributed by atoms with van der Waals surface area (Å²) in [7, 11) is 0. The molecule has 0 spiro atoms.